The molecule has 0 fully saturated rings. The highest BCUT2D eigenvalue weighted by Gasteiger charge is 2.17. The molecule has 0 saturated carbocycles. The van der Waals surface area contributed by atoms with Gasteiger partial charge in [0.25, 0.3) is 0 Å². The summed E-state index contributed by atoms with van der Waals surface area (Å²) in [4.78, 5) is 0. The highest BCUT2D eigenvalue weighted by atomic mass is 32.1. The summed E-state index contributed by atoms with van der Waals surface area (Å²) in [5.41, 5.74) is 2.28. The van der Waals surface area contributed by atoms with E-state index in [4.69, 9.17) is 12.2 Å². The molecule has 0 radical (unpaired) electrons. The Morgan fingerprint density at radius 2 is 2.13 bits per heavy atom. The molecule has 2 rings (SSSR count). The number of rotatable bonds is 1. The quantitative estimate of drug-likeness (QED) is 0.727. The second-order valence-electron chi connectivity index (χ2n) is 3.34. The smallest absolute Gasteiger partial charge is 0.189 e. The normalized spacial score (nSPS) is 15.0. The van der Waals surface area contributed by atoms with E-state index in [9.17, 15) is 0 Å². The molecule has 1 aliphatic heterocycles. The van der Waals surface area contributed by atoms with E-state index < -0.39 is 0 Å². The maximum atomic E-state index is 5.13. The van der Waals surface area contributed by atoms with Crippen LogP contribution >= 0.6 is 12.2 Å². The molecule has 0 spiro atoms. The summed E-state index contributed by atoms with van der Waals surface area (Å²) < 4.78 is 0. The average molecular weight is 219 g/mol. The molecule has 4 heteroatoms. The van der Waals surface area contributed by atoms with Gasteiger partial charge in [0.1, 0.15) is 0 Å². The third kappa shape index (κ3) is 2.15. The Bertz CT molecular complexity index is 386. The maximum absolute atomic E-state index is 5.13. The molecule has 78 valence electrons. The van der Waals surface area contributed by atoms with Crippen LogP contribution < -0.4 is 5.32 Å². The van der Waals surface area contributed by atoms with Gasteiger partial charge < -0.3 is 5.32 Å². The fourth-order valence-electron chi connectivity index (χ4n) is 1.57. The van der Waals surface area contributed by atoms with Gasteiger partial charge in [-0.2, -0.15) is 5.10 Å². The number of hydrazone groups is 1. The summed E-state index contributed by atoms with van der Waals surface area (Å²) in [6.45, 7) is 0.865. The second-order valence-corrected chi connectivity index (χ2v) is 3.73. The first-order valence-electron chi connectivity index (χ1n) is 4.93. The van der Waals surface area contributed by atoms with E-state index in [1.54, 1.807) is 0 Å². The van der Waals surface area contributed by atoms with Gasteiger partial charge in [-0.05, 0) is 17.8 Å². The molecule has 1 aromatic rings. The third-order valence-electron chi connectivity index (χ3n) is 2.36. The zero-order valence-corrected chi connectivity index (χ0v) is 9.42. The lowest BCUT2D eigenvalue weighted by Gasteiger charge is -2.12. The molecule has 1 heterocycles. The van der Waals surface area contributed by atoms with Crippen molar-refractivity contribution in [3.05, 3.63) is 35.9 Å². The van der Waals surface area contributed by atoms with Crippen molar-refractivity contribution in [2.24, 2.45) is 5.10 Å². The number of hydrogen-bond acceptors (Lipinski definition) is 2. The molecular weight excluding hydrogens is 206 g/mol. The number of thiocarbonyl (C=S) groups is 1. The van der Waals surface area contributed by atoms with Crippen LogP contribution in [0, 0.1) is 0 Å². The molecule has 1 aliphatic rings. The lowest BCUT2D eigenvalue weighted by Crippen LogP contribution is -2.32. The molecule has 0 unspecified atom stereocenters. The van der Waals surface area contributed by atoms with Gasteiger partial charge in [-0.25, -0.2) is 5.01 Å². The molecule has 15 heavy (non-hydrogen) atoms. The van der Waals surface area contributed by atoms with Crippen molar-refractivity contribution in [3.63, 3.8) is 0 Å². The SMILES string of the molecule is CNC(=S)N1CCC(c2ccccc2)=N1. The highest BCUT2D eigenvalue weighted by molar-refractivity contribution is 7.80. The molecule has 0 saturated heterocycles. The fraction of sp³-hybridized carbons (Fsp3) is 0.273. The summed E-state index contributed by atoms with van der Waals surface area (Å²) in [6, 6.07) is 10.2. The molecular formula is C11H13N3S. The minimum absolute atomic E-state index is 0.681. The lowest BCUT2D eigenvalue weighted by molar-refractivity contribution is 0.485. The molecule has 0 amide bonds. The molecule has 0 bridgehead atoms. The molecule has 3 nitrogen and oxygen atoms in total. The number of nitrogens with one attached hydrogen (secondary N) is 1. The molecule has 0 aromatic heterocycles. The fourth-order valence-corrected chi connectivity index (χ4v) is 1.70. The van der Waals surface area contributed by atoms with Crippen molar-refractivity contribution in [1.29, 1.82) is 0 Å². The summed E-state index contributed by atoms with van der Waals surface area (Å²) in [5, 5.41) is 9.92. The monoisotopic (exact) mass is 219 g/mol. The standard InChI is InChI=1S/C11H13N3S/c1-12-11(15)14-8-7-10(13-14)9-5-3-2-4-6-9/h2-6H,7-8H2,1H3,(H,12,15). The van der Waals surface area contributed by atoms with Gasteiger partial charge in [0, 0.05) is 20.0 Å². The van der Waals surface area contributed by atoms with E-state index in [1.165, 1.54) is 5.56 Å². The Kier molecular flexibility index (Phi) is 2.97. The van der Waals surface area contributed by atoms with Gasteiger partial charge in [-0.1, -0.05) is 30.3 Å². The summed E-state index contributed by atoms with van der Waals surface area (Å²) in [7, 11) is 1.82. The maximum Gasteiger partial charge on any atom is 0.189 e. The first-order valence-corrected chi connectivity index (χ1v) is 5.34. The van der Waals surface area contributed by atoms with Gasteiger partial charge >= 0.3 is 0 Å². The van der Waals surface area contributed by atoms with Crippen LogP contribution in [0.15, 0.2) is 35.4 Å². The van der Waals surface area contributed by atoms with Crippen LogP contribution in [0.4, 0.5) is 0 Å². The van der Waals surface area contributed by atoms with Crippen molar-refractivity contribution in [3.8, 4) is 0 Å². The first-order chi connectivity index (χ1) is 7.31. The largest absolute Gasteiger partial charge is 0.364 e. The Labute approximate surface area is 94.8 Å². The molecule has 1 aromatic carbocycles. The van der Waals surface area contributed by atoms with E-state index in [-0.39, 0.29) is 0 Å². The van der Waals surface area contributed by atoms with Gasteiger partial charge in [-0.3, -0.25) is 0 Å². The van der Waals surface area contributed by atoms with E-state index in [0.717, 1.165) is 18.7 Å². The highest BCUT2D eigenvalue weighted by Crippen LogP contribution is 2.13. The van der Waals surface area contributed by atoms with E-state index in [2.05, 4.69) is 22.6 Å². The third-order valence-corrected chi connectivity index (χ3v) is 2.77. The van der Waals surface area contributed by atoms with Crippen molar-refractivity contribution in [2.75, 3.05) is 13.6 Å². The van der Waals surface area contributed by atoms with Gasteiger partial charge in [0.05, 0.1) is 5.71 Å². The predicted octanol–water partition coefficient (Wildman–Crippen LogP) is 1.60. The van der Waals surface area contributed by atoms with Crippen molar-refractivity contribution >= 4 is 23.0 Å². The van der Waals surface area contributed by atoms with Crippen LogP contribution in [-0.4, -0.2) is 29.4 Å². The topological polar surface area (TPSA) is 27.6 Å². The summed E-state index contributed by atoms with van der Waals surface area (Å²) in [5.74, 6) is 0. The van der Waals surface area contributed by atoms with E-state index in [0.29, 0.717) is 5.11 Å². The van der Waals surface area contributed by atoms with Crippen LogP contribution in [0.2, 0.25) is 0 Å². The zero-order chi connectivity index (χ0) is 10.7. The van der Waals surface area contributed by atoms with Crippen molar-refractivity contribution in [1.82, 2.24) is 10.3 Å². The lowest BCUT2D eigenvalue weighted by atomic mass is 10.1. The van der Waals surface area contributed by atoms with Crippen LogP contribution in [-0.2, 0) is 0 Å². The van der Waals surface area contributed by atoms with Crippen LogP contribution in [0.25, 0.3) is 0 Å². The summed E-state index contributed by atoms with van der Waals surface area (Å²) >= 11 is 5.13. The number of hydrogen-bond donors (Lipinski definition) is 1. The Balaban J connectivity index is 2.17. The van der Waals surface area contributed by atoms with Crippen LogP contribution in [0.1, 0.15) is 12.0 Å². The van der Waals surface area contributed by atoms with E-state index in [1.807, 2.05) is 30.3 Å². The van der Waals surface area contributed by atoms with Crippen LogP contribution in [0.5, 0.6) is 0 Å². The minimum atomic E-state index is 0.681. The Morgan fingerprint density at radius 3 is 2.80 bits per heavy atom. The summed E-state index contributed by atoms with van der Waals surface area (Å²) in [6.07, 6.45) is 0.950. The van der Waals surface area contributed by atoms with E-state index >= 15 is 0 Å². The average Bonchev–Trinajstić information content (AvgIpc) is 2.78. The van der Waals surface area contributed by atoms with Gasteiger partial charge in [0.2, 0.25) is 0 Å². The molecule has 0 atom stereocenters. The second kappa shape index (κ2) is 4.40. The number of nitrogens with zero attached hydrogens (tertiary/aromatic N) is 2. The Morgan fingerprint density at radius 1 is 1.40 bits per heavy atom. The van der Waals surface area contributed by atoms with Crippen LogP contribution in [0.3, 0.4) is 0 Å². The van der Waals surface area contributed by atoms with Gasteiger partial charge in [0.15, 0.2) is 5.11 Å². The zero-order valence-electron chi connectivity index (χ0n) is 8.60. The molecule has 1 N–H and O–H groups in total. The number of benzene rings is 1. The minimum Gasteiger partial charge on any atom is -0.364 e. The van der Waals surface area contributed by atoms with Gasteiger partial charge in [-0.15, -0.1) is 0 Å². The van der Waals surface area contributed by atoms with Crippen molar-refractivity contribution in [2.45, 2.75) is 6.42 Å². The Hall–Kier alpha value is -1.42. The molecule has 0 aliphatic carbocycles. The van der Waals surface area contributed by atoms with Crippen molar-refractivity contribution < 1.29 is 0 Å². The predicted molar refractivity (Wildman–Crippen MR) is 66.0 cm³/mol. The first kappa shape index (κ1) is 10.1.